The van der Waals surface area contributed by atoms with E-state index in [1.807, 2.05) is 0 Å². The van der Waals surface area contributed by atoms with Crippen LogP contribution in [0, 0.1) is 0 Å². The largest absolute Gasteiger partial charge is 0.504 e. The summed E-state index contributed by atoms with van der Waals surface area (Å²) in [4.78, 5) is 28.5. The number of rotatable bonds is 4. The molecule has 0 saturated carbocycles. The summed E-state index contributed by atoms with van der Waals surface area (Å²) in [6.07, 6.45) is 4.35. The molecule has 0 aliphatic carbocycles. The fourth-order valence-electron chi connectivity index (χ4n) is 3.66. The number of nitrogens with zero attached hydrogens (tertiary/aromatic N) is 1. The lowest BCUT2D eigenvalue weighted by molar-refractivity contribution is 0.103. The first kappa shape index (κ1) is 21.1. The number of methoxy groups -OCH3 is 2. The molecule has 4 rings (SSSR count). The molecule has 1 amide bonds. The normalized spacial score (nSPS) is 16.9. The molecule has 2 aromatic carbocycles. The Morgan fingerprint density at radius 3 is 2.45 bits per heavy atom. The minimum Gasteiger partial charge on any atom is -0.504 e. The molecule has 0 unspecified atom stereocenters. The van der Waals surface area contributed by atoms with Crippen LogP contribution in [-0.2, 0) is 0 Å². The fraction of sp³-hybridized carbons (Fsp3) is 0.304. The first-order valence-electron chi connectivity index (χ1n) is 10.0. The van der Waals surface area contributed by atoms with Crippen LogP contribution in [0.15, 0.2) is 40.1 Å². The van der Waals surface area contributed by atoms with E-state index in [9.17, 15) is 14.7 Å². The Labute approximate surface area is 184 Å². The lowest BCUT2D eigenvalue weighted by atomic mass is 10.1. The van der Waals surface area contributed by atoms with Crippen molar-refractivity contribution >= 4 is 29.7 Å². The summed E-state index contributed by atoms with van der Waals surface area (Å²) >= 11 is 1.23. The molecule has 0 spiro atoms. The molecule has 0 aromatic heterocycles. The number of aromatic hydroxyl groups is 1. The number of benzene rings is 2. The van der Waals surface area contributed by atoms with E-state index >= 15 is 0 Å². The first-order valence-corrected chi connectivity index (χ1v) is 10.8. The summed E-state index contributed by atoms with van der Waals surface area (Å²) in [6.45, 7) is 1.36. The Morgan fingerprint density at radius 1 is 1.03 bits per heavy atom. The van der Waals surface area contributed by atoms with Gasteiger partial charge in [-0.1, -0.05) is 17.8 Å². The van der Waals surface area contributed by atoms with Gasteiger partial charge in [-0.15, -0.1) is 0 Å². The SMILES string of the molecule is COc1cc(/C=C2\Sc3c(OC(=O)N4CCCCC4)ccc(OC)c3C2=O)ccc1O. The fourth-order valence-corrected chi connectivity index (χ4v) is 4.77. The Hall–Kier alpha value is -3.13. The van der Waals surface area contributed by atoms with Crippen molar-refractivity contribution in [3.05, 3.63) is 46.4 Å². The van der Waals surface area contributed by atoms with Gasteiger partial charge in [-0.3, -0.25) is 4.79 Å². The lowest BCUT2D eigenvalue weighted by Crippen LogP contribution is -2.37. The van der Waals surface area contributed by atoms with Crippen LogP contribution in [0.5, 0.6) is 23.0 Å². The molecule has 31 heavy (non-hydrogen) atoms. The molecule has 162 valence electrons. The van der Waals surface area contributed by atoms with E-state index in [0.717, 1.165) is 19.3 Å². The van der Waals surface area contributed by atoms with Gasteiger partial charge in [-0.2, -0.15) is 0 Å². The van der Waals surface area contributed by atoms with Gasteiger partial charge in [0.2, 0.25) is 5.78 Å². The zero-order valence-corrected chi connectivity index (χ0v) is 18.2. The van der Waals surface area contributed by atoms with E-state index in [4.69, 9.17) is 14.2 Å². The number of allylic oxidation sites excluding steroid dienone is 1. The molecule has 0 radical (unpaired) electrons. The second kappa shape index (κ2) is 8.93. The Bertz CT molecular complexity index is 1060. The van der Waals surface area contributed by atoms with Gasteiger partial charge in [-0.05, 0) is 55.2 Å². The standard InChI is InChI=1S/C23H23NO6S/c1-28-16-8-9-17(30-23(27)24-10-4-3-5-11-24)22-20(16)21(26)19(31-22)13-14-6-7-15(25)18(12-14)29-2/h6-9,12-13,25H,3-5,10-11H2,1-2H3/b19-13-. The molecular formula is C23H23NO6S. The summed E-state index contributed by atoms with van der Waals surface area (Å²) in [6, 6.07) is 8.15. The predicted octanol–water partition coefficient (Wildman–Crippen LogP) is 4.72. The van der Waals surface area contributed by atoms with Crippen LogP contribution in [0.2, 0.25) is 0 Å². The smallest absolute Gasteiger partial charge is 0.415 e. The molecule has 2 heterocycles. The number of thioether (sulfide) groups is 1. The number of amides is 1. The van der Waals surface area contributed by atoms with Crippen LogP contribution in [0.1, 0.15) is 35.2 Å². The number of carbonyl (C=O) groups is 2. The maximum absolute atomic E-state index is 13.1. The molecule has 1 saturated heterocycles. The number of carbonyl (C=O) groups excluding carboxylic acids is 2. The van der Waals surface area contributed by atoms with Crippen LogP contribution in [0.25, 0.3) is 6.08 Å². The number of hydrogen-bond donors (Lipinski definition) is 1. The zero-order chi connectivity index (χ0) is 22.0. The zero-order valence-electron chi connectivity index (χ0n) is 17.3. The van der Waals surface area contributed by atoms with E-state index in [2.05, 4.69) is 0 Å². The molecule has 1 fully saturated rings. The Kier molecular flexibility index (Phi) is 6.08. The summed E-state index contributed by atoms with van der Waals surface area (Å²) in [5.41, 5.74) is 1.08. The first-order chi connectivity index (χ1) is 15.0. The molecule has 8 heteroatoms. The van der Waals surface area contributed by atoms with E-state index in [0.29, 0.717) is 51.3 Å². The summed E-state index contributed by atoms with van der Waals surface area (Å²) < 4.78 is 16.2. The van der Waals surface area contributed by atoms with Crippen LogP contribution >= 0.6 is 11.8 Å². The van der Waals surface area contributed by atoms with Gasteiger partial charge in [0, 0.05) is 13.1 Å². The van der Waals surface area contributed by atoms with Crippen LogP contribution in [-0.4, -0.2) is 49.2 Å². The van der Waals surface area contributed by atoms with Crippen molar-refractivity contribution in [3.8, 4) is 23.0 Å². The molecule has 0 atom stereocenters. The minimum atomic E-state index is -0.402. The molecule has 2 aliphatic heterocycles. The number of ketones is 1. The molecule has 2 aliphatic rings. The van der Waals surface area contributed by atoms with Crippen LogP contribution in [0.3, 0.4) is 0 Å². The maximum Gasteiger partial charge on any atom is 0.415 e. The summed E-state index contributed by atoms with van der Waals surface area (Å²) in [5.74, 6) is 0.899. The van der Waals surface area contributed by atoms with Crippen molar-refractivity contribution in [2.75, 3.05) is 27.3 Å². The summed E-state index contributed by atoms with van der Waals surface area (Å²) in [5, 5.41) is 9.80. The van der Waals surface area contributed by atoms with E-state index < -0.39 is 6.09 Å². The van der Waals surface area contributed by atoms with E-state index in [1.165, 1.54) is 32.0 Å². The third kappa shape index (κ3) is 4.20. The molecule has 0 bridgehead atoms. The quantitative estimate of drug-likeness (QED) is 0.687. The topological polar surface area (TPSA) is 85.3 Å². The van der Waals surface area contributed by atoms with E-state index in [1.54, 1.807) is 35.2 Å². The van der Waals surface area contributed by atoms with Gasteiger partial charge in [0.1, 0.15) is 11.5 Å². The van der Waals surface area contributed by atoms with Crippen molar-refractivity contribution in [2.45, 2.75) is 24.2 Å². The van der Waals surface area contributed by atoms with Gasteiger partial charge < -0.3 is 24.2 Å². The lowest BCUT2D eigenvalue weighted by Gasteiger charge is -2.26. The number of phenols is 1. The van der Waals surface area contributed by atoms with Crippen molar-refractivity contribution < 1.29 is 28.9 Å². The second-order valence-electron chi connectivity index (χ2n) is 7.26. The second-order valence-corrected chi connectivity index (χ2v) is 8.31. The third-order valence-electron chi connectivity index (χ3n) is 5.28. The van der Waals surface area contributed by atoms with Crippen molar-refractivity contribution in [3.63, 3.8) is 0 Å². The average Bonchev–Trinajstić information content (AvgIpc) is 3.12. The van der Waals surface area contributed by atoms with Crippen molar-refractivity contribution in [2.24, 2.45) is 0 Å². The highest BCUT2D eigenvalue weighted by atomic mass is 32.2. The van der Waals surface area contributed by atoms with E-state index in [-0.39, 0.29) is 11.5 Å². The number of ether oxygens (including phenoxy) is 3. The number of Topliss-reactive ketones (excluding diaryl/α,β-unsaturated/α-hetero) is 1. The highest BCUT2D eigenvalue weighted by molar-refractivity contribution is 8.05. The minimum absolute atomic E-state index is 0.0203. The number of hydrogen-bond acceptors (Lipinski definition) is 7. The third-order valence-corrected chi connectivity index (χ3v) is 6.41. The van der Waals surface area contributed by atoms with Gasteiger partial charge >= 0.3 is 6.09 Å². The average molecular weight is 442 g/mol. The molecular weight excluding hydrogens is 418 g/mol. The predicted molar refractivity (Wildman–Crippen MR) is 117 cm³/mol. The van der Waals surface area contributed by atoms with Crippen LogP contribution < -0.4 is 14.2 Å². The summed E-state index contributed by atoms with van der Waals surface area (Å²) in [7, 11) is 2.96. The van der Waals surface area contributed by atoms with Crippen molar-refractivity contribution in [1.29, 1.82) is 0 Å². The number of likely N-dealkylation sites (tertiary alicyclic amines) is 1. The van der Waals surface area contributed by atoms with Crippen LogP contribution in [0.4, 0.5) is 4.79 Å². The number of piperidine rings is 1. The monoisotopic (exact) mass is 441 g/mol. The maximum atomic E-state index is 13.1. The Balaban J connectivity index is 1.65. The van der Waals surface area contributed by atoms with Gasteiger partial charge in [0.25, 0.3) is 0 Å². The molecule has 1 N–H and O–H groups in total. The van der Waals surface area contributed by atoms with Gasteiger partial charge in [0.05, 0.1) is 29.6 Å². The van der Waals surface area contributed by atoms with Gasteiger partial charge in [0.15, 0.2) is 11.5 Å². The van der Waals surface area contributed by atoms with Crippen molar-refractivity contribution in [1.82, 2.24) is 4.90 Å². The molecule has 2 aromatic rings. The van der Waals surface area contributed by atoms with Gasteiger partial charge in [-0.25, -0.2) is 4.79 Å². The number of fused-ring (bicyclic) bond motifs is 1. The highest BCUT2D eigenvalue weighted by Gasteiger charge is 2.34. The Morgan fingerprint density at radius 2 is 1.74 bits per heavy atom. The molecule has 7 nitrogen and oxygen atoms in total. The highest BCUT2D eigenvalue weighted by Crippen LogP contribution is 2.49. The number of phenolic OH excluding ortho intramolecular Hbond substituents is 1.